The van der Waals surface area contributed by atoms with Crippen molar-refractivity contribution in [3.8, 4) is 22.8 Å². The number of halogens is 4. The average molecular weight is 588 g/mol. The van der Waals surface area contributed by atoms with Crippen molar-refractivity contribution >= 4 is 37.4 Å². The van der Waals surface area contributed by atoms with Crippen LogP contribution in [0.3, 0.4) is 0 Å². The number of ether oxygens (including phenoxy) is 2. The third kappa shape index (κ3) is 6.94. The zero-order valence-corrected chi connectivity index (χ0v) is 21.5. The van der Waals surface area contributed by atoms with Crippen molar-refractivity contribution < 1.29 is 35.9 Å². The van der Waals surface area contributed by atoms with Gasteiger partial charge in [0.1, 0.15) is 5.69 Å². The van der Waals surface area contributed by atoms with Gasteiger partial charge in [0, 0.05) is 22.1 Å². The minimum atomic E-state index is -4.91. The normalized spacial score (nSPS) is 11.7. The van der Waals surface area contributed by atoms with Gasteiger partial charge in [0.15, 0.2) is 11.5 Å². The van der Waals surface area contributed by atoms with Crippen molar-refractivity contribution in [2.24, 2.45) is 0 Å². The van der Waals surface area contributed by atoms with E-state index in [4.69, 9.17) is 9.47 Å². The van der Waals surface area contributed by atoms with E-state index in [-0.39, 0.29) is 29.8 Å². The van der Waals surface area contributed by atoms with Gasteiger partial charge in [-0.15, -0.1) is 0 Å². The summed E-state index contributed by atoms with van der Waals surface area (Å²) in [5.41, 5.74) is -0.976. The highest BCUT2D eigenvalue weighted by molar-refractivity contribution is 9.10. The van der Waals surface area contributed by atoms with Crippen molar-refractivity contribution in [1.29, 1.82) is 0 Å². The van der Waals surface area contributed by atoms with Gasteiger partial charge in [0.05, 0.1) is 25.7 Å². The van der Waals surface area contributed by atoms with E-state index >= 15 is 0 Å². The maximum Gasteiger partial charge on any atom is 0.433 e. The zero-order chi connectivity index (χ0) is 26.5. The molecule has 13 heteroatoms. The van der Waals surface area contributed by atoms with E-state index in [2.05, 4.69) is 31.2 Å². The number of methoxy groups -OCH3 is 2. The first-order valence-electron chi connectivity index (χ1n) is 10.4. The van der Waals surface area contributed by atoms with Gasteiger partial charge in [-0.2, -0.15) is 13.2 Å². The van der Waals surface area contributed by atoms with E-state index in [0.29, 0.717) is 17.5 Å². The van der Waals surface area contributed by atoms with Crippen LogP contribution in [0.1, 0.15) is 18.5 Å². The lowest BCUT2D eigenvalue weighted by molar-refractivity contribution is -0.141. The number of aromatic nitrogens is 2. The Bertz CT molecular complexity index is 1350. The Balaban J connectivity index is 1.83. The van der Waals surface area contributed by atoms with E-state index in [0.717, 1.165) is 4.47 Å². The monoisotopic (exact) mass is 587 g/mol. The Morgan fingerprint density at radius 3 is 2.28 bits per heavy atom. The second-order valence-corrected chi connectivity index (χ2v) is 10.4. The molecule has 0 spiro atoms. The molecule has 0 aliphatic carbocycles. The molecule has 1 N–H and O–H groups in total. The lowest BCUT2D eigenvalue weighted by atomic mass is 10.1. The number of hydrogen-bond donors (Lipinski definition) is 1. The smallest absolute Gasteiger partial charge is 0.433 e. The second-order valence-electron chi connectivity index (χ2n) is 7.47. The molecular weight excluding hydrogens is 567 g/mol. The molecule has 1 heterocycles. The molecule has 1 amide bonds. The van der Waals surface area contributed by atoms with Gasteiger partial charge in [0.25, 0.3) is 0 Å². The molecule has 2 aromatic carbocycles. The number of alkyl halides is 3. The number of nitrogens with one attached hydrogen (secondary N) is 1. The summed E-state index contributed by atoms with van der Waals surface area (Å²) >= 11 is 3.27. The van der Waals surface area contributed by atoms with Crippen molar-refractivity contribution in [2.45, 2.75) is 24.2 Å². The standard InChI is InChI=1S/C23H21BrF3N3O5S/c1-34-18-10-5-14(12-19(18)35-2)17-13-20(23(25,26)27)30-22(29-17)36(32,33)11-3-4-21(31)28-16-8-6-15(24)7-9-16/h5-10,12-13H,3-4,11H2,1-2H3,(H,28,31). The van der Waals surface area contributed by atoms with E-state index in [9.17, 15) is 26.4 Å². The second kappa shape index (κ2) is 11.2. The number of amides is 1. The highest BCUT2D eigenvalue weighted by Gasteiger charge is 2.35. The van der Waals surface area contributed by atoms with Gasteiger partial charge in [-0.3, -0.25) is 4.79 Å². The van der Waals surface area contributed by atoms with Crippen LogP contribution in [0.15, 0.2) is 58.2 Å². The molecule has 0 bridgehead atoms. The molecule has 192 valence electrons. The highest BCUT2D eigenvalue weighted by Crippen LogP contribution is 2.35. The SMILES string of the molecule is COc1ccc(-c2cc(C(F)(F)F)nc(S(=O)(=O)CCCC(=O)Nc3ccc(Br)cc3)n2)cc1OC. The first-order valence-corrected chi connectivity index (χ1v) is 12.8. The average Bonchev–Trinajstić information content (AvgIpc) is 2.84. The Labute approximate surface area is 213 Å². The summed E-state index contributed by atoms with van der Waals surface area (Å²) in [4.78, 5) is 19.3. The van der Waals surface area contributed by atoms with Crippen LogP contribution in [-0.2, 0) is 20.8 Å². The van der Waals surface area contributed by atoms with Crippen LogP contribution in [0.4, 0.5) is 18.9 Å². The number of anilines is 1. The Morgan fingerprint density at radius 2 is 1.67 bits per heavy atom. The minimum Gasteiger partial charge on any atom is -0.493 e. The quantitative estimate of drug-likeness (QED) is 0.345. The molecule has 0 atom stereocenters. The summed E-state index contributed by atoms with van der Waals surface area (Å²) in [5.74, 6) is -0.500. The predicted molar refractivity (Wildman–Crippen MR) is 130 cm³/mol. The van der Waals surface area contributed by atoms with E-state index in [1.807, 2.05) is 0 Å². The maximum atomic E-state index is 13.5. The minimum absolute atomic E-state index is 0.143. The first-order chi connectivity index (χ1) is 16.9. The topological polar surface area (TPSA) is 107 Å². The summed E-state index contributed by atoms with van der Waals surface area (Å²) in [7, 11) is -1.59. The Hall–Kier alpha value is -3.19. The van der Waals surface area contributed by atoms with E-state index < -0.39 is 38.5 Å². The third-order valence-corrected chi connectivity index (χ3v) is 6.99. The van der Waals surface area contributed by atoms with E-state index in [1.54, 1.807) is 24.3 Å². The van der Waals surface area contributed by atoms with Gasteiger partial charge in [-0.1, -0.05) is 15.9 Å². The molecule has 0 aliphatic rings. The first kappa shape index (κ1) is 27.4. The van der Waals surface area contributed by atoms with Gasteiger partial charge >= 0.3 is 6.18 Å². The van der Waals surface area contributed by atoms with Crippen molar-refractivity contribution in [2.75, 3.05) is 25.3 Å². The van der Waals surface area contributed by atoms with Crippen LogP contribution in [-0.4, -0.2) is 44.3 Å². The largest absolute Gasteiger partial charge is 0.493 e. The van der Waals surface area contributed by atoms with Crippen LogP contribution in [0.25, 0.3) is 11.3 Å². The summed E-state index contributed by atoms with van der Waals surface area (Å²) in [6, 6.07) is 11.7. The summed E-state index contributed by atoms with van der Waals surface area (Å²) in [6.45, 7) is 0. The molecule has 0 saturated heterocycles. The van der Waals surface area contributed by atoms with Gasteiger partial charge in [-0.05, 0) is 55.0 Å². The lowest BCUT2D eigenvalue weighted by Crippen LogP contribution is -2.18. The van der Waals surface area contributed by atoms with Crippen LogP contribution < -0.4 is 14.8 Å². The molecule has 0 aliphatic heterocycles. The molecule has 8 nitrogen and oxygen atoms in total. The number of nitrogens with zero attached hydrogens (tertiary/aromatic N) is 2. The summed E-state index contributed by atoms with van der Waals surface area (Å²) < 4.78 is 77.3. The Morgan fingerprint density at radius 1 is 1.00 bits per heavy atom. The molecule has 0 saturated carbocycles. The lowest BCUT2D eigenvalue weighted by Gasteiger charge is -2.13. The fraction of sp³-hybridized carbons (Fsp3) is 0.261. The number of hydrogen-bond acceptors (Lipinski definition) is 7. The highest BCUT2D eigenvalue weighted by atomic mass is 79.9. The van der Waals surface area contributed by atoms with Crippen LogP contribution >= 0.6 is 15.9 Å². The molecule has 0 radical (unpaired) electrons. The van der Waals surface area contributed by atoms with Crippen molar-refractivity contribution in [3.05, 3.63) is 58.7 Å². The summed E-state index contributed by atoms with van der Waals surface area (Å²) in [5, 5.41) is 1.64. The number of rotatable bonds is 9. The summed E-state index contributed by atoms with van der Waals surface area (Å²) in [6.07, 6.45) is -5.23. The third-order valence-electron chi connectivity index (χ3n) is 4.90. The molecule has 3 aromatic rings. The molecular formula is C23H21BrF3N3O5S. The Kier molecular flexibility index (Phi) is 8.56. The molecule has 36 heavy (non-hydrogen) atoms. The number of carbonyl (C=O) groups is 1. The molecule has 3 rings (SSSR count). The fourth-order valence-corrected chi connectivity index (χ4v) is 4.57. The molecule has 1 aromatic heterocycles. The van der Waals surface area contributed by atoms with Gasteiger partial charge < -0.3 is 14.8 Å². The number of sulfone groups is 1. The van der Waals surface area contributed by atoms with Gasteiger partial charge in [-0.25, -0.2) is 18.4 Å². The molecule has 0 fully saturated rings. The zero-order valence-electron chi connectivity index (χ0n) is 19.1. The van der Waals surface area contributed by atoms with E-state index in [1.165, 1.54) is 32.4 Å². The fourth-order valence-electron chi connectivity index (χ4n) is 3.12. The maximum absolute atomic E-state index is 13.5. The van der Waals surface area contributed by atoms with Crippen LogP contribution in [0.2, 0.25) is 0 Å². The van der Waals surface area contributed by atoms with Gasteiger partial charge in [0.2, 0.25) is 20.9 Å². The number of benzene rings is 2. The van der Waals surface area contributed by atoms with Crippen LogP contribution in [0.5, 0.6) is 11.5 Å². The number of carbonyl (C=O) groups excluding carboxylic acids is 1. The van der Waals surface area contributed by atoms with Crippen molar-refractivity contribution in [3.63, 3.8) is 0 Å². The predicted octanol–water partition coefficient (Wildman–Crippen LogP) is 5.13. The molecule has 0 unspecified atom stereocenters. The van der Waals surface area contributed by atoms with Crippen LogP contribution in [0, 0.1) is 0 Å². The van der Waals surface area contributed by atoms with Crippen molar-refractivity contribution in [1.82, 2.24) is 9.97 Å².